The van der Waals surface area contributed by atoms with E-state index < -0.39 is 29.7 Å². The van der Waals surface area contributed by atoms with Crippen molar-refractivity contribution in [2.75, 3.05) is 11.9 Å². The SMILES string of the molecule is CCOc1ccc(C(=O)O[C@@H](C)C(=O)Nc2cc(C(F)(F)F)ccc2Cl)cc1. The van der Waals surface area contributed by atoms with Crippen LogP contribution in [-0.2, 0) is 15.7 Å². The lowest BCUT2D eigenvalue weighted by molar-refractivity contribution is -0.137. The highest BCUT2D eigenvalue weighted by molar-refractivity contribution is 6.33. The number of halogens is 4. The van der Waals surface area contributed by atoms with Gasteiger partial charge in [-0.1, -0.05) is 11.6 Å². The first-order valence-corrected chi connectivity index (χ1v) is 8.61. The molecule has 0 saturated carbocycles. The Kier molecular flexibility index (Phi) is 6.90. The summed E-state index contributed by atoms with van der Waals surface area (Å²) in [5.74, 6) is -1.01. The first-order chi connectivity index (χ1) is 13.1. The molecule has 5 nitrogen and oxygen atoms in total. The number of carbonyl (C=O) groups excluding carboxylic acids is 2. The lowest BCUT2D eigenvalue weighted by Crippen LogP contribution is -2.30. The van der Waals surface area contributed by atoms with E-state index >= 15 is 0 Å². The summed E-state index contributed by atoms with van der Waals surface area (Å²) >= 11 is 5.84. The highest BCUT2D eigenvalue weighted by atomic mass is 35.5. The van der Waals surface area contributed by atoms with E-state index in [0.29, 0.717) is 18.4 Å². The molecule has 0 bridgehead atoms. The zero-order valence-electron chi connectivity index (χ0n) is 15.0. The molecule has 0 fully saturated rings. The summed E-state index contributed by atoms with van der Waals surface area (Å²) in [4.78, 5) is 24.3. The molecule has 150 valence electrons. The Morgan fingerprint density at radius 1 is 1.14 bits per heavy atom. The summed E-state index contributed by atoms with van der Waals surface area (Å²) < 4.78 is 48.7. The van der Waals surface area contributed by atoms with Gasteiger partial charge in [-0.2, -0.15) is 13.2 Å². The first-order valence-electron chi connectivity index (χ1n) is 8.23. The second kappa shape index (κ2) is 8.97. The van der Waals surface area contributed by atoms with E-state index in [1.165, 1.54) is 19.1 Å². The van der Waals surface area contributed by atoms with Crippen molar-refractivity contribution in [3.8, 4) is 5.75 Å². The van der Waals surface area contributed by atoms with E-state index in [-0.39, 0.29) is 16.3 Å². The number of esters is 1. The molecule has 0 radical (unpaired) electrons. The lowest BCUT2D eigenvalue weighted by atomic mass is 10.2. The van der Waals surface area contributed by atoms with Gasteiger partial charge in [-0.25, -0.2) is 4.79 Å². The molecule has 0 heterocycles. The largest absolute Gasteiger partial charge is 0.494 e. The summed E-state index contributed by atoms with van der Waals surface area (Å²) in [6.45, 7) is 3.58. The smallest absolute Gasteiger partial charge is 0.416 e. The van der Waals surface area contributed by atoms with Crippen LogP contribution in [0.25, 0.3) is 0 Å². The molecule has 0 aliphatic carbocycles. The van der Waals surface area contributed by atoms with Gasteiger partial charge in [0, 0.05) is 0 Å². The number of rotatable bonds is 6. The van der Waals surface area contributed by atoms with Crippen LogP contribution in [-0.4, -0.2) is 24.6 Å². The molecule has 0 unspecified atom stereocenters. The normalized spacial score (nSPS) is 12.2. The fraction of sp³-hybridized carbons (Fsp3) is 0.263. The van der Waals surface area contributed by atoms with E-state index in [0.717, 1.165) is 12.1 Å². The van der Waals surface area contributed by atoms with E-state index in [9.17, 15) is 22.8 Å². The van der Waals surface area contributed by atoms with Gasteiger partial charge in [0.1, 0.15) is 5.75 Å². The fourth-order valence-corrected chi connectivity index (χ4v) is 2.33. The number of hydrogen-bond acceptors (Lipinski definition) is 4. The highest BCUT2D eigenvalue weighted by Crippen LogP contribution is 2.33. The van der Waals surface area contributed by atoms with Crippen LogP contribution >= 0.6 is 11.6 Å². The molecular formula is C19H17ClF3NO4. The molecule has 2 aromatic rings. The number of alkyl halides is 3. The van der Waals surface area contributed by atoms with Gasteiger partial charge < -0.3 is 14.8 Å². The molecule has 28 heavy (non-hydrogen) atoms. The molecule has 1 amide bonds. The van der Waals surface area contributed by atoms with Crippen LogP contribution in [0.15, 0.2) is 42.5 Å². The van der Waals surface area contributed by atoms with Crippen molar-refractivity contribution >= 4 is 29.2 Å². The summed E-state index contributed by atoms with van der Waals surface area (Å²) in [6.07, 6.45) is -5.85. The summed E-state index contributed by atoms with van der Waals surface area (Å²) in [5, 5.41) is 2.16. The maximum atomic E-state index is 12.8. The number of anilines is 1. The molecule has 9 heteroatoms. The predicted octanol–water partition coefficient (Wildman–Crippen LogP) is 4.94. The van der Waals surface area contributed by atoms with Gasteiger partial charge >= 0.3 is 12.1 Å². The van der Waals surface area contributed by atoms with E-state index in [1.54, 1.807) is 12.1 Å². The Balaban J connectivity index is 2.03. The zero-order valence-corrected chi connectivity index (χ0v) is 15.7. The van der Waals surface area contributed by atoms with E-state index in [2.05, 4.69) is 5.32 Å². The van der Waals surface area contributed by atoms with Crippen LogP contribution in [0.4, 0.5) is 18.9 Å². The number of nitrogens with one attached hydrogen (secondary N) is 1. The average Bonchev–Trinajstić information content (AvgIpc) is 2.63. The molecule has 1 N–H and O–H groups in total. The predicted molar refractivity (Wildman–Crippen MR) is 97.6 cm³/mol. The number of amides is 1. The highest BCUT2D eigenvalue weighted by Gasteiger charge is 2.31. The molecule has 0 spiro atoms. The van der Waals surface area contributed by atoms with Crippen LogP contribution < -0.4 is 10.1 Å². The van der Waals surface area contributed by atoms with Crippen LogP contribution in [0.2, 0.25) is 5.02 Å². The second-order valence-corrected chi connectivity index (χ2v) is 6.09. The Hall–Kier alpha value is -2.74. The van der Waals surface area contributed by atoms with Crippen molar-refractivity contribution in [2.45, 2.75) is 26.1 Å². The van der Waals surface area contributed by atoms with Gasteiger partial charge in [-0.05, 0) is 56.3 Å². The average molecular weight is 416 g/mol. The third-order valence-corrected chi connectivity index (χ3v) is 3.94. The summed E-state index contributed by atoms with van der Waals surface area (Å²) in [5.41, 5.74) is -1.00. The Labute approximate surface area is 164 Å². The van der Waals surface area contributed by atoms with Crippen LogP contribution in [0.5, 0.6) is 5.75 Å². The third kappa shape index (κ3) is 5.63. The quantitative estimate of drug-likeness (QED) is 0.678. The van der Waals surface area contributed by atoms with Crippen molar-refractivity contribution in [2.24, 2.45) is 0 Å². The molecule has 0 saturated heterocycles. The zero-order chi connectivity index (χ0) is 20.9. The summed E-state index contributed by atoms with van der Waals surface area (Å²) in [7, 11) is 0. The minimum Gasteiger partial charge on any atom is -0.494 e. The number of hydrogen-bond donors (Lipinski definition) is 1. The lowest BCUT2D eigenvalue weighted by Gasteiger charge is -2.15. The first kappa shape index (κ1) is 21.6. The minimum absolute atomic E-state index is 0.0774. The van der Waals surface area contributed by atoms with Crippen molar-refractivity contribution < 1.29 is 32.2 Å². The molecular weight excluding hydrogens is 399 g/mol. The standard InChI is InChI=1S/C19H17ClF3NO4/c1-3-27-14-7-4-12(5-8-14)18(26)28-11(2)17(25)24-16-10-13(19(21,22)23)6-9-15(16)20/h4-11H,3H2,1-2H3,(H,24,25)/t11-/m0/s1. The number of carbonyl (C=O) groups is 2. The van der Waals surface area contributed by atoms with Crippen molar-refractivity contribution in [1.29, 1.82) is 0 Å². The second-order valence-electron chi connectivity index (χ2n) is 5.69. The topological polar surface area (TPSA) is 64.6 Å². The van der Waals surface area contributed by atoms with Crippen molar-refractivity contribution in [3.63, 3.8) is 0 Å². The van der Waals surface area contributed by atoms with Gasteiger partial charge in [-0.3, -0.25) is 4.79 Å². The Bertz CT molecular complexity index is 853. The minimum atomic E-state index is -4.59. The maximum Gasteiger partial charge on any atom is 0.416 e. The van der Waals surface area contributed by atoms with E-state index in [1.807, 2.05) is 6.92 Å². The Morgan fingerprint density at radius 3 is 2.36 bits per heavy atom. The molecule has 2 aromatic carbocycles. The number of ether oxygens (including phenoxy) is 2. The molecule has 0 aromatic heterocycles. The molecule has 1 atom stereocenters. The monoisotopic (exact) mass is 415 g/mol. The molecule has 2 rings (SSSR count). The van der Waals surface area contributed by atoms with Crippen LogP contribution in [0.1, 0.15) is 29.8 Å². The number of benzene rings is 2. The van der Waals surface area contributed by atoms with Gasteiger partial charge in [0.05, 0.1) is 28.4 Å². The van der Waals surface area contributed by atoms with Crippen LogP contribution in [0.3, 0.4) is 0 Å². The van der Waals surface area contributed by atoms with Crippen molar-refractivity contribution in [3.05, 3.63) is 58.6 Å². The van der Waals surface area contributed by atoms with Crippen LogP contribution in [0, 0.1) is 0 Å². The van der Waals surface area contributed by atoms with Crippen molar-refractivity contribution in [1.82, 2.24) is 0 Å². The summed E-state index contributed by atoms with van der Waals surface area (Å²) in [6, 6.07) is 8.63. The molecule has 0 aliphatic rings. The maximum absolute atomic E-state index is 12.8. The van der Waals surface area contributed by atoms with Gasteiger partial charge in [-0.15, -0.1) is 0 Å². The third-order valence-electron chi connectivity index (χ3n) is 3.61. The van der Waals surface area contributed by atoms with Gasteiger partial charge in [0.15, 0.2) is 6.10 Å². The molecule has 0 aliphatic heterocycles. The van der Waals surface area contributed by atoms with Gasteiger partial charge in [0.2, 0.25) is 0 Å². The van der Waals surface area contributed by atoms with Gasteiger partial charge in [0.25, 0.3) is 5.91 Å². The Morgan fingerprint density at radius 2 is 1.79 bits per heavy atom. The fourth-order valence-electron chi connectivity index (χ4n) is 2.17. The van der Waals surface area contributed by atoms with E-state index in [4.69, 9.17) is 21.1 Å².